The van der Waals surface area contributed by atoms with Gasteiger partial charge in [0.25, 0.3) is 17.0 Å². The van der Waals surface area contributed by atoms with Gasteiger partial charge in [-0.25, -0.2) is 9.97 Å². The molecule has 1 saturated heterocycles. The lowest BCUT2D eigenvalue weighted by Crippen LogP contribution is -2.49. The zero-order valence-corrected chi connectivity index (χ0v) is 18.7. The van der Waals surface area contributed by atoms with Crippen LogP contribution in [-0.4, -0.2) is 61.8 Å². The number of aromatic amines is 1. The van der Waals surface area contributed by atoms with E-state index in [1.165, 1.54) is 19.2 Å². The van der Waals surface area contributed by atoms with Crippen LogP contribution in [0.3, 0.4) is 0 Å². The number of nitrogens with zero attached hydrogens (tertiary/aromatic N) is 5. The number of rotatable bonds is 4. The maximum absolute atomic E-state index is 13.1. The first-order valence-electron chi connectivity index (χ1n) is 9.76. The number of nitrogens with one attached hydrogen (secondary N) is 2. The van der Waals surface area contributed by atoms with Crippen LogP contribution in [0.2, 0.25) is 0 Å². The van der Waals surface area contributed by atoms with E-state index < -0.39 is 11.1 Å². The number of para-hydroxylation sites is 1. The van der Waals surface area contributed by atoms with Crippen LogP contribution in [0.1, 0.15) is 10.4 Å². The lowest BCUT2D eigenvalue weighted by molar-refractivity contribution is 0.0743. The molecule has 12 heteroatoms. The highest BCUT2D eigenvalue weighted by Gasteiger charge is 2.26. The quantitative estimate of drug-likeness (QED) is 0.451. The number of amides is 1. The van der Waals surface area contributed by atoms with Crippen molar-refractivity contribution in [1.29, 1.82) is 0 Å². The van der Waals surface area contributed by atoms with E-state index in [9.17, 15) is 19.5 Å². The van der Waals surface area contributed by atoms with Gasteiger partial charge in [-0.3, -0.25) is 24.2 Å². The van der Waals surface area contributed by atoms with Gasteiger partial charge in [-0.1, -0.05) is 6.07 Å². The summed E-state index contributed by atoms with van der Waals surface area (Å²) in [6, 6.07) is 6.36. The van der Waals surface area contributed by atoms with Crippen LogP contribution in [0.5, 0.6) is 5.75 Å². The van der Waals surface area contributed by atoms with Crippen molar-refractivity contribution >= 4 is 39.2 Å². The fourth-order valence-electron chi connectivity index (χ4n) is 3.41. The van der Waals surface area contributed by atoms with E-state index in [-0.39, 0.29) is 33.1 Å². The molecular weight excluding hydrogens is 482 g/mol. The van der Waals surface area contributed by atoms with Crippen LogP contribution in [-0.2, 0) is 7.05 Å². The third-order valence-electron chi connectivity index (χ3n) is 5.14. The summed E-state index contributed by atoms with van der Waals surface area (Å²) in [5.41, 5.74) is -0.861. The molecule has 1 amide bonds. The Morgan fingerprint density at radius 3 is 2.50 bits per heavy atom. The van der Waals surface area contributed by atoms with Crippen LogP contribution < -0.4 is 21.3 Å². The minimum atomic E-state index is -0.561. The topological polar surface area (TPSA) is 136 Å². The molecular formula is C20H20BrN7O4. The number of H-pyrrole nitrogens is 1. The maximum Gasteiger partial charge on any atom is 0.287 e. The number of benzene rings is 1. The number of carbonyl (C=O) groups is 1. The molecule has 32 heavy (non-hydrogen) atoms. The van der Waals surface area contributed by atoms with Gasteiger partial charge in [0.2, 0.25) is 5.95 Å². The summed E-state index contributed by atoms with van der Waals surface area (Å²) in [7, 11) is 1.42. The zero-order valence-electron chi connectivity index (χ0n) is 17.1. The van der Waals surface area contributed by atoms with Crippen molar-refractivity contribution in [1.82, 2.24) is 24.6 Å². The molecule has 3 heterocycles. The summed E-state index contributed by atoms with van der Waals surface area (Å²) in [4.78, 5) is 49.5. The standard InChI is InChI=1S/C20H20BrN7O4/c1-26-19(32)14(21)15(17(30)25-26)24-13-5-2-4-12(16(13)29)18(31)27-8-10-28(11-9-27)20-22-6-3-7-23-20/h2-7,24,29H,8-11H2,1H3,(H,25,30). The fraction of sp³-hybridized carbons (Fsp3) is 0.250. The van der Waals surface area contributed by atoms with Gasteiger partial charge in [0.05, 0.1) is 11.3 Å². The molecule has 0 spiro atoms. The Morgan fingerprint density at radius 1 is 1.12 bits per heavy atom. The monoisotopic (exact) mass is 501 g/mol. The Morgan fingerprint density at radius 2 is 1.81 bits per heavy atom. The van der Waals surface area contributed by atoms with Gasteiger partial charge in [-0.15, -0.1) is 0 Å². The molecule has 3 N–H and O–H groups in total. The van der Waals surface area contributed by atoms with E-state index in [2.05, 4.69) is 36.3 Å². The Kier molecular flexibility index (Phi) is 5.95. The van der Waals surface area contributed by atoms with Crippen LogP contribution in [0, 0.1) is 0 Å². The number of hydrogen-bond acceptors (Lipinski definition) is 8. The van der Waals surface area contributed by atoms with Crippen molar-refractivity contribution in [3.8, 4) is 5.75 Å². The first-order chi connectivity index (χ1) is 15.4. The molecule has 0 aliphatic carbocycles. The molecule has 1 aromatic carbocycles. The third kappa shape index (κ3) is 4.08. The van der Waals surface area contributed by atoms with E-state index in [0.29, 0.717) is 32.1 Å². The van der Waals surface area contributed by atoms with Gasteiger partial charge in [-0.2, -0.15) is 0 Å². The summed E-state index contributed by atoms with van der Waals surface area (Å²) >= 11 is 3.11. The number of carbonyl (C=O) groups excluding carboxylic acids is 1. The molecule has 166 valence electrons. The lowest BCUT2D eigenvalue weighted by atomic mass is 10.1. The summed E-state index contributed by atoms with van der Waals surface area (Å²) in [5, 5.41) is 15.9. The normalized spacial score (nSPS) is 13.8. The number of piperazine rings is 1. The van der Waals surface area contributed by atoms with Crippen molar-refractivity contribution in [2.75, 3.05) is 36.4 Å². The smallest absolute Gasteiger partial charge is 0.287 e. The van der Waals surface area contributed by atoms with E-state index in [1.807, 2.05) is 4.90 Å². The van der Waals surface area contributed by atoms with Crippen LogP contribution in [0.25, 0.3) is 0 Å². The van der Waals surface area contributed by atoms with Crippen LogP contribution >= 0.6 is 15.9 Å². The van der Waals surface area contributed by atoms with Crippen molar-refractivity contribution in [3.63, 3.8) is 0 Å². The lowest BCUT2D eigenvalue weighted by Gasteiger charge is -2.34. The Bertz CT molecular complexity index is 1270. The molecule has 11 nitrogen and oxygen atoms in total. The van der Waals surface area contributed by atoms with Gasteiger partial charge in [0.15, 0.2) is 5.75 Å². The average molecular weight is 502 g/mol. The molecule has 0 unspecified atom stereocenters. The number of phenols is 1. The number of aromatic nitrogens is 4. The molecule has 4 rings (SSSR count). The maximum atomic E-state index is 13.1. The number of aromatic hydroxyl groups is 1. The number of halogens is 1. The highest BCUT2D eigenvalue weighted by atomic mass is 79.9. The summed E-state index contributed by atoms with van der Waals surface area (Å²) in [5.74, 6) is -0.0338. The predicted octanol–water partition coefficient (Wildman–Crippen LogP) is 1.04. The number of anilines is 3. The second kappa shape index (κ2) is 8.83. The van der Waals surface area contributed by atoms with E-state index in [4.69, 9.17) is 0 Å². The largest absolute Gasteiger partial charge is 0.505 e. The van der Waals surface area contributed by atoms with Crippen molar-refractivity contribution < 1.29 is 9.90 Å². The fourth-order valence-corrected chi connectivity index (χ4v) is 3.96. The molecule has 0 saturated carbocycles. The van der Waals surface area contributed by atoms with Crippen molar-refractivity contribution in [3.05, 3.63) is 67.4 Å². The molecule has 1 aliphatic heterocycles. The minimum absolute atomic E-state index is 0.0131. The minimum Gasteiger partial charge on any atom is -0.505 e. The van der Waals surface area contributed by atoms with Crippen LogP contribution in [0.4, 0.5) is 17.3 Å². The Balaban J connectivity index is 1.53. The van der Waals surface area contributed by atoms with E-state index >= 15 is 0 Å². The molecule has 0 radical (unpaired) electrons. The van der Waals surface area contributed by atoms with Crippen LogP contribution in [0.15, 0.2) is 50.7 Å². The zero-order chi connectivity index (χ0) is 22.8. The van der Waals surface area contributed by atoms with Gasteiger partial charge >= 0.3 is 0 Å². The first kappa shape index (κ1) is 21.6. The van der Waals surface area contributed by atoms with Crippen molar-refractivity contribution in [2.45, 2.75) is 0 Å². The molecule has 2 aromatic heterocycles. The molecule has 0 atom stereocenters. The van der Waals surface area contributed by atoms with Gasteiger partial charge < -0.3 is 20.2 Å². The molecule has 1 fully saturated rings. The molecule has 3 aromatic rings. The summed E-state index contributed by atoms with van der Waals surface area (Å²) in [6.45, 7) is 2.00. The summed E-state index contributed by atoms with van der Waals surface area (Å²) in [6.07, 6.45) is 3.34. The van der Waals surface area contributed by atoms with Gasteiger partial charge in [-0.05, 0) is 34.1 Å². The second-order valence-corrected chi connectivity index (χ2v) is 7.94. The van der Waals surface area contributed by atoms with E-state index in [0.717, 1.165) is 4.68 Å². The number of hydrogen-bond donors (Lipinski definition) is 3. The van der Waals surface area contributed by atoms with Gasteiger partial charge in [0.1, 0.15) is 10.2 Å². The van der Waals surface area contributed by atoms with Crippen molar-refractivity contribution in [2.24, 2.45) is 7.05 Å². The first-order valence-corrected chi connectivity index (χ1v) is 10.5. The van der Waals surface area contributed by atoms with Gasteiger partial charge in [0, 0.05) is 45.6 Å². The average Bonchev–Trinajstić information content (AvgIpc) is 2.81. The molecule has 1 aliphatic rings. The Labute approximate surface area is 190 Å². The number of aryl methyl sites for hydroxylation is 1. The highest BCUT2D eigenvalue weighted by Crippen LogP contribution is 2.31. The highest BCUT2D eigenvalue weighted by molar-refractivity contribution is 9.10. The second-order valence-electron chi connectivity index (χ2n) is 7.15. The summed E-state index contributed by atoms with van der Waals surface area (Å²) < 4.78 is 1.05. The Hall–Kier alpha value is -3.67. The molecule has 0 bridgehead atoms. The predicted molar refractivity (Wildman–Crippen MR) is 122 cm³/mol. The SMILES string of the molecule is Cn1[nH]c(=O)c(Nc2cccc(C(=O)N3CCN(c4ncccn4)CC3)c2O)c(Br)c1=O. The van der Waals surface area contributed by atoms with E-state index in [1.54, 1.807) is 29.4 Å². The number of phenolic OH excluding ortho intramolecular Hbond substituents is 1. The third-order valence-corrected chi connectivity index (χ3v) is 5.87.